The third-order valence-corrected chi connectivity index (χ3v) is 4.11. The highest BCUT2D eigenvalue weighted by Gasteiger charge is 2.12. The molecule has 0 atom stereocenters. The Morgan fingerprint density at radius 3 is 2.35 bits per heavy atom. The second-order valence-electron chi connectivity index (χ2n) is 6.43. The summed E-state index contributed by atoms with van der Waals surface area (Å²) in [5.41, 5.74) is 6.00. The third kappa shape index (κ3) is 4.06. The van der Waals surface area contributed by atoms with Gasteiger partial charge in [-0.2, -0.15) is 0 Å². The highest BCUT2D eigenvalue weighted by Crippen LogP contribution is 2.20. The molecule has 26 heavy (non-hydrogen) atoms. The van der Waals surface area contributed by atoms with Gasteiger partial charge in [-0.1, -0.05) is 35.9 Å². The number of aromatic nitrogens is 2. The van der Waals surface area contributed by atoms with Gasteiger partial charge in [0.15, 0.2) is 0 Å². The fraction of sp³-hybridized carbons (Fsp3) is 0.190. The van der Waals surface area contributed by atoms with Crippen LogP contribution in [0.2, 0.25) is 0 Å². The molecule has 0 aliphatic rings. The van der Waals surface area contributed by atoms with Gasteiger partial charge in [0.1, 0.15) is 5.69 Å². The molecule has 3 rings (SSSR count). The highest BCUT2D eigenvalue weighted by atomic mass is 16.1. The Balaban J connectivity index is 1.85. The van der Waals surface area contributed by atoms with Crippen molar-refractivity contribution in [3.05, 3.63) is 76.6 Å². The molecule has 0 radical (unpaired) electrons. The lowest BCUT2D eigenvalue weighted by atomic mass is 10.1. The average molecular weight is 346 g/mol. The standard InChI is InChI=1S/C21H22N4O/c1-13-9-10-18(15(3)11-13)23-20(26)19-12-16(4)22-21(25-19)24-17-8-6-5-7-14(17)2/h5-12H,1-4H3,(H,23,26)(H,22,24,25). The Morgan fingerprint density at radius 1 is 0.846 bits per heavy atom. The van der Waals surface area contributed by atoms with E-state index in [0.29, 0.717) is 11.6 Å². The first-order valence-electron chi connectivity index (χ1n) is 8.49. The zero-order valence-electron chi connectivity index (χ0n) is 15.4. The molecule has 2 N–H and O–H groups in total. The SMILES string of the molecule is Cc1ccc(NC(=O)c2cc(C)nc(Nc3ccccc3C)n2)c(C)c1. The molecule has 1 amide bonds. The van der Waals surface area contributed by atoms with E-state index in [1.165, 1.54) is 0 Å². The maximum atomic E-state index is 12.6. The van der Waals surface area contributed by atoms with E-state index in [2.05, 4.69) is 20.6 Å². The van der Waals surface area contributed by atoms with Crippen LogP contribution < -0.4 is 10.6 Å². The van der Waals surface area contributed by atoms with Gasteiger partial charge in [-0.3, -0.25) is 4.79 Å². The van der Waals surface area contributed by atoms with Gasteiger partial charge in [-0.15, -0.1) is 0 Å². The molecule has 1 aromatic heterocycles. The van der Waals surface area contributed by atoms with E-state index in [4.69, 9.17) is 0 Å². The summed E-state index contributed by atoms with van der Waals surface area (Å²) in [6, 6.07) is 15.5. The van der Waals surface area contributed by atoms with Crippen LogP contribution in [0.1, 0.15) is 32.9 Å². The maximum Gasteiger partial charge on any atom is 0.274 e. The first-order chi connectivity index (χ1) is 12.4. The van der Waals surface area contributed by atoms with Gasteiger partial charge in [0, 0.05) is 17.1 Å². The van der Waals surface area contributed by atoms with Gasteiger partial charge in [-0.05, 0) is 57.0 Å². The van der Waals surface area contributed by atoms with Crippen molar-refractivity contribution in [2.75, 3.05) is 10.6 Å². The molecule has 0 aliphatic carbocycles. The largest absolute Gasteiger partial charge is 0.324 e. The van der Waals surface area contributed by atoms with Crippen LogP contribution in [-0.2, 0) is 0 Å². The molecule has 0 unspecified atom stereocenters. The molecule has 0 fully saturated rings. The van der Waals surface area contributed by atoms with Gasteiger partial charge in [0.25, 0.3) is 5.91 Å². The molecule has 0 saturated carbocycles. The first kappa shape index (κ1) is 17.6. The second-order valence-corrected chi connectivity index (χ2v) is 6.43. The summed E-state index contributed by atoms with van der Waals surface area (Å²) < 4.78 is 0. The molecule has 0 aliphatic heterocycles. The Hall–Kier alpha value is -3.21. The van der Waals surface area contributed by atoms with E-state index in [1.807, 2.05) is 70.2 Å². The molecule has 132 valence electrons. The quantitative estimate of drug-likeness (QED) is 0.718. The van der Waals surface area contributed by atoms with Gasteiger partial charge in [-0.25, -0.2) is 9.97 Å². The van der Waals surface area contributed by atoms with Crippen LogP contribution in [0.5, 0.6) is 0 Å². The summed E-state index contributed by atoms with van der Waals surface area (Å²) in [6.45, 7) is 7.85. The average Bonchev–Trinajstić information content (AvgIpc) is 2.59. The fourth-order valence-corrected chi connectivity index (χ4v) is 2.71. The Labute approximate surface area is 153 Å². The normalized spacial score (nSPS) is 10.5. The number of anilines is 3. The summed E-state index contributed by atoms with van der Waals surface area (Å²) in [5.74, 6) is 0.153. The van der Waals surface area contributed by atoms with Gasteiger partial charge in [0.2, 0.25) is 5.95 Å². The van der Waals surface area contributed by atoms with Crippen molar-refractivity contribution in [2.45, 2.75) is 27.7 Å². The summed E-state index contributed by atoms with van der Waals surface area (Å²) >= 11 is 0. The number of aryl methyl sites for hydroxylation is 4. The molecule has 0 spiro atoms. The number of benzene rings is 2. The Kier molecular flexibility index (Phi) is 4.98. The lowest BCUT2D eigenvalue weighted by Gasteiger charge is -2.11. The molecule has 3 aromatic rings. The number of para-hydroxylation sites is 1. The zero-order chi connectivity index (χ0) is 18.7. The van der Waals surface area contributed by atoms with Crippen LogP contribution in [0.25, 0.3) is 0 Å². The van der Waals surface area contributed by atoms with Gasteiger partial charge in [0.05, 0.1) is 0 Å². The number of nitrogens with zero attached hydrogens (tertiary/aromatic N) is 2. The zero-order valence-corrected chi connectivity index (χ0v) is 15.4. The van der Waals surface area contributed by atoms with E-state index >= 15 is 0 Å². The number of carbonyl (C=O) groups is 1. The smallest absolute Gasteiger partial charge is 0.274 e. The van der Waals surface area contributed by atoms with Crippen LogP contribution in [0.15, 0.2) is 48.5 Å². The topological polar surface area (TPSA) is 66.9 Å². The lowest BCUT2D eigenvalue weighted by Crippen LogP contribution is -2.16. The van der Waals surface area contributed by atoms with Crippen molar-refractivity contribution in [3.8, 4) is 0 Å². The molecule has 2 aromatic carbocycles. The van der Waals surface area contributed by atoms with Crippen LogP contribution in [0, 0.1) is 27.7 Å². The highest BCUT2D eigenvalue weighted by molar-refractivity contribution is 6.03. The number of nitrogens with one attached hydrogen (secondary N) is 2. The van der Waals surface area contributed by atoms with Crippen LogP contribution >= 0.6 is 0 Å². The monoisotopic (exact) mass is 346 g/mol. The van der Waals surface area contributed by atoms with Crippen molar-refractivity contribution in [1.82, 2.24) is 9.97 Å². The molecular weight excluding hydrogens is 324 g/mol. The first-order valence-corrected chi connectivity index (χ1v) is 8.49. The minimum Gasteiger partial charge on any atom is -0.324 e. The molecule has 0 saturated heterocycles. The summed E-state index contributed by atoms with van der Waals surface area (Å²) in [5, 5.41) is 6.12. The van der Waals surface area contributed by atoms with Crippen molar-refractivity contribution in [2.24, 2.45) is 0 Å². The van der Waals surface area contributed by atoms with E-state index in [9.17, 15) is 4.79 Å². The maximum absolute atomic E-state index is 12.6. The van der Waals surface area contributed by atoms with E-state index in [1.54, 1.807) is 6.07 Å². The number of carbonyl (C=O) groups excluding carboxylic acids is 1. The minimum absolute atomic E-state index is 0.254. The van der Waals surface area contributed by atoms with Gasteiger partial charge < -0.3 is 10.6 Å². The number of hydrogen-bond acceptors (Lipinski definition) is 4. The van der Waals surface area contributed by atoms with Crippen molar-refractivity contribution in [1.29, 1.82) is 0 Å². The van der Waals surface area contributed by atoms with Crippen LogP contribution in [0.4, 0.5) is 17.3 Å². The summed E-state index contributed by atoms with van der Waals surface area (Å²) in [6.07, 6.45) is 0. The lowest BCUT2D eigenvalue weighted by molar-refractivity contribution is 0.102. The summed E-state index contributed by atoms with van der Waals surface area (Å²) in [4.78, 5) is 21.4. The van der Waals surface area contributed by atoms with E-state index in [-0.39, 0.29) is 5.91 Å². The van der Waals surface area contributed by atoms with E-state index in [0.717, 1.165) is 33.8 Å². The molecule has 5 nitrogen and oxygen atoms in total. The summed E-state index contributed by atoms with van der Waals surface area (Å²) in [7, 11) is 0. The molecule has 0 bridgehead atoms. The van der Waals surface area contributed by atoms with E-state index < -0.39 is 0 Å². The van der Waals surface area contributed by atoms with Crippen LogP contribution in [0.3, 0.4) is 0 Å². The van der Waals surface area contributed by atoms with Crippen molar-refractivity contribution >= 4 is 23.2 Å². The third-order valence-electron chi connectivity index (χ3n) is 4.11. The fourth-order valence-electron chi connectivity index (χ4n) is 2.71. The number of hydrogen-bond donors (Lipinski definition) is 2. The Morgan fingerprint density at radius 2 is 1.62 bits per heavy atom. The predicted octanol–water partition coefficient (Wildman–Crippen LogP) is 4.71. The van der Waals surface area contributed by atoms with Crippen molar-refractivity contribution < 1.29 is 4.79 Å². The number of amides is 1. The molecule has 1 heterocycles. The second kappa shape index (κ2) is 7.35. The molecular formula is C21H22N4O. The van der Waals surface area contributed by atoms with Crippen molar-refractivity contribution in [3.63, 3.8) is 0 Å². The molecule has 5 heteroatoms. The minimum atomic E-state index is -0.254. The Bertz CT molecular complexity index is 966. The number of rotatable bonds is 4. The predicted molar refractivity (Wildman–Crippen MR) is 105 cm³/mol. The van der Waals surface area contributed by atoms with Crippen LogP contribution in [-0.4, -0.2) is 15.9 Å². The van der Waals surface area contributed by atoms with Gasteiger partial charge >= 0.3 is 0 Å².